The fourth-order valence-corrected chi connectivity index (χ4v) is 3.72. The predicted molar refractivity (Wildman–Crippen MR) is 121 cm³/mol. The number of hydrogen-bond acceptors (Lipinski definition) is 5. The predicted octanol–water partition coefficient (Wildman–Crippen LogP) is 4.31. The van der Waals surface area contributed by atoms with Crippen molar-refractivity contribution in [2.45, 2.75) is 26.3 Å². The molecule has 4 rings (SSSR count). The number of carbonyl (C=O) groups is 1. The lowest BCUT2D eigenvalue weighted by atomic mass is 10.1. The van der Waals surface area contributed by atoms with Crippen LogP contribution in [0.3, 0.4) is 0 Å². The molecule has 1 aliphatic rings. The fourth-order valence-electron chi connectivity index (χ4n) is 3.34. The highest BCUT2D eigenvalue weighted by Gasteiger charge is 2.23. The van der Waals surface area contributed by atoms with Gasteiger partial charge in [-0.2, -0.15) is 4.98 Å². The van der Waals surface area contributed by atoms with Gasteiger partial charge in [-0.3, -0.25) is 4.79 Å². The molecule has 0 radical (unpaired) electrons. The van der Waals surface area contributed by atoms with Crippen LogP contribution in [0, 0.1) is 6.92 Å². The zero-order valence-electron chi connectivity index (χ0n) is 16.3. The third kappa shape index (κ3) is 4.60. The van der Waals surface area contributed by atoms with E-state index in [9.17, 15) is 4.79 Å². The molecular weight excluding hydrogens is 422 g/mol. The van der Waals surface area contributed by atoms with Gasteiger partial charge < -0.3 is 20.1 Å². The van der Waals surface area contributed by atoms with Crippen molar-refractivity contribution >= 4 is 46.2 Å². The van der Waals surface area contributed by atoms with E-state index >= 15 is 0 Å². The average molecular weight is 442 g/mol. The third-order valence-electron chi connectivity index (χ3n) is 4.77. The number of amides is 1. The molecule has 0 unspecified atom stereocenters. The van der Waals surface area contributed by atoms with Crippen molar-refractivity contribution in [1.29, 1.82) is 0 Å². The zero-order chi connectivity index (χ0) is 21.1. The average Bonchev–Trinajstić information content (AvgIpc) is 3.36. The molecule has 2 aromatic carbocycles. The molecule has 154 valence electrons. The van der Waals surface area contributed by atoms with E-state index in [0.29, 0.717) is 34.8 Å². The van der Waals surface area contributed by atoms with Crippen LogP contribution in [0.25, 0.3) is 11.4 Å². The molecule has 9 heteroatoms. The molecule has 2 N–H and O–H groups in total. The molecule has 3 aromatic rings. The highest BCUT2D eigenvalue weighted by molar-refractivity contribution is 7.80. The van der Waals surface area contributed by atoms with Crippen LogP contribution >= 0.6 is 23.8 Å². The number of nitrogens with one attached hydrogen (secondary N) is 2. The Morgan fingerprint density at radius 2 is 2.17 bits per heavy atom. The first-order chi connectivity index (χ1) is 14.5. The van der Waals surface area contributed by atoms with E-state index in [2.05, 4.69) is 20.8 Å². The summed E-state index contributed by atoms with van der Waals surface area (Å²) < 4.78 is 5.27. The smallest absolute Gasteiger partial charge is 0.246 e. The molecule has 7 nitrogen and oxygen atoms in total. The van der Waals surface area contributed by atoms with Crippen molar-refractivity contribution in [2.24, 2.45) is 0 Å². The van der Waals surface area contributed by atoms with Crippen molar-refractivity contribution in [3.8, 4) is 11.4 Å². The zero-order valence-corrected chi connectivity index (χ0v) is 17.9. The van der Waals surface area contributed by atoms with Gasteiger partial charge in [-0.15, -0.1) is 0 Å². The summed E-state index contributed by atoms with van der Waals surface area (Å²) in [4.78, 5) is 18.2. The van der Waals surface area contributed by atoms with E-state index in [1.807, 2.05) is 42.2 Å². The Balaban J connectivity index is 1.34. The Labute approximate surface area is 184 Å². The molecule has 2 heterocycles. The fraction of sp³-hybridized carbons (Fsp3) is 0.238. The second-order valence-corrected chi connectivity index (χ2v) is 7.82. The van der Waals surface area contributed by atoms with Crippen molar-refractivity contribution in [3.05, 3.63) is 58.9 Å². The minimum atomic E-state index is 0.174. The first kappa shape index (κ1) is 20.3. The lowest BCUT2D eigenvalue weighted by molar-refractivity contribution is -0.117. The molecule has 0 atom stereocenters. The quantitative estimate of drug-likeness (QED) is 0.570. The number of aromatic nitrogens is 2. The molecule has 30 heavy (non-hydrogen) atoms. The molecule has 1 amide bonds. The topological polar surface area (TPSA) is 83.3 Å². The standard InChI is InChI=1S/C21H20ClN5O2S/c1-13-10-16(7-8-17(13)27-9-3-6-19(27)28)24-21(30)23-12-18-25-20(26-29-18)14-4-2-5-15(22)11-14/h2,4-5,7-8,10-11H,3,6,9,12H2,1H3,(H2,23,24,30). The molecule has 0 spiro atoms. The van der Waals surface area contributed by atoms with Crippen LogP contribution in [0.15, 0.2) is 47.0 Å². The van der Waals surface area contributed by atoms with Gasteiger partial charge in [-0.25, -0.2) is 0 Å². The Morgan fingerprint density at radius 3 is 2.90 bits per heavy atom. The SMILES string of the molecule is Cc1cc(NC(=S)NCc2nc(-c3cccc(Cl)c3)no2)ccc1N1CCCC1=O. The number of rotatable bonds is 5. The molecule has 1 fully saturated rings. The Morgan fingerprint density at radius 1 is 1.30 bits per heavy atom. The number of hydrogen-bond donors (Lipinski definition) is 2. The van der Waals surface area contributed by atoms with Crippen molar-refractivity contribution in [1.82, 2.24) is 15.5 Å². The summed E-state index contributed by atoms with van der Waals surface area (Å²) in [6, 6.07) is 13.1. The third-order valence-corrected chi connectivity index (χ3v) is 5.25. The first-order valence-electron chi connectivity index (χ1n) is 9.54. The number of anilines is 2. The molecular formula is C21H20ClN5O2S. The van der Waals surface area contributed by atoms with Crippen LogP contribution in [-0.2, 0) is 11.3 Å². The van der Waals surface area contributed by atoms with Crippen LogP contribution < -0.4 is 15.5 Å². The molecule has 1 saturated heterocycles. The van der Waals surface area contributed by atoms with E-state index in [1.165, 1.54) is 0 Å². The van der Waals surface area contributed by atoms with Crippen LogP contribution in [-0.4, -0.2) is 27.7 Å². The van der Waals surface area contributed by atoms with Crippen LogP contribution in [0.2, 0.25) is 5.02 Å². The van der Waals surface area contributed by atoms with Crippen molar-refractivity contribution < 1.29 is 9.32 Å². The molecule has 0 saturated carbocycles. The van der Waals surface area contributed by atoms with Crippen LogP contribution in [0.5, 0.6) is 0 Å². The number of benzene rings is 2. The summed E-state index contributed by atoms with van der Waals surface area (Å²) in [6.45, 7) is 3.05. The van der Waals surface area contributed by atoms with E-state index in [-0.39, 0.29) is 5.91 Å². The molecule has 0 bridgehead atoms. The van der Waals surface area contributed by atoms with Crippen LogP contribution in [0.4, 0.5) is 11.4 Å². The van der Waals surface area contributed by atoms with E-state index in [1.54, 1.807) is 12.1 Å². The maximum Gasteiger partial charge on any atom is 0.246 e. The van der Waals surface area contributed by atoms with Gasteiger partial charge in [0.2, 0.25) is 17.6 Å². The number of nitrogens with zero attached hydrogens (tertiary/aromatic N) is 3. The minimum Gasteiger partial charge on any atom is -0.353 e. The summed E-state index contributed by atoms with van der Waals surface area (Å²) in [5.41, 5.74) is 3.58. The summed E-state index contributed by atoms with van der Waals surface area (Å²) in [5.74, 6) is 1.05. The van der Waals surface area contributed by atoms with Gasteiger partial charge in [-0.05, 0) is 61.5 Å². The number of halogens is 1. The first-order valence-corrected chi connectivity index (χ1v) is 10.3. The second-order valence-electron chi connectivity index (χ2n) is 6.98. The van der Waals surface area contributed by atoms with Gasteiger partial charge in [0, 0.05) is 34.9 Å². The number of carbonyl (C=O) groups excluding carboxylic acids is 1. The molecule has 0 aliphatic carbocycles. The normalized spacial score (nSPS) is 13.5. The van der Waals surface area contributed by atoms with Gasteiger partial charge in [0.15, 0.2) is 5.11 Å². The van der Waals surface area contributed by atoms with Gasteiger partial charge >= 0.3 is 0 Å². The van der Waals surface area contributed by atoms with Gasteiger partial charge in [0.25, 0.3) is 0 Å². The van der Waals surface area contributed by atoms with Crippen molar-refractivity contribution in [3.63, 3.8) is 0 Å². The highest BCUT2D eigenvalue weighted by Crippen LogP contribution is 2.27. The minimum absolute atomic E-state index is 0.174. The largest absolute Gasteiger partial charge is 0.353 e. The van der Waals surface area contributed by atoms with Crippen molar-refractivity contribution in [2.75, 3.05) is 16.8 Å². The van der Waals surface area contributed by atoms with E-state index < -0.39 is 0 Å². The monoisotopic (exact) mass is 441 g/mol. The Hall–Kier alpha value is -2.97. The maximum atomic E-state index is 12.0. The summed E-state index contributed by atoms with van der Waals surface area (Å²) >= 11 is 11.4. The van der Waals surface area contributed by atoms with Gasteiger partial charge in [-0.1, -0.05) is 28.9 Å². The number of thiocarbonyl (C=S) groups is 1. The van der Waals surface area contributed by atoms with Crippen LogP contribution in [0.1, 0.15) is 24.3 Å². The summed E-state index contributed by atoms with van der Waals surface area (Å²) in [6.07, 6.45) is 1.52. The number of aryl methyl sites for hydroxylation is 1. The van der Waals surface area contributed by atoms with Gasteiger partial charge in [0.1, 0.15) is 0 Å². The molecule has 1 aliphatic heterocycles. The lowest BCUT2D eigenvalue weighted by Gasteiger charge is -2.19. The summed E-state index contributed by atoms with van der Waals surface area (Å²) in [7, 11) is 0. The Bertz CT molecular complexity index is 1100. The molecule has 1 aromatic heterocycles. The van der Waals surface area contributed by atoms with Gasteiger partial charge in [0.05, 0.1) is 6.54 Å². The Kier molecular flexibility index (Phi) is 5.96. The van der Waals surface area contributed by atoms with E-state index in [0.717, 1.165) is 35.5 Å². The second kappa shape index (κ2) is 8.81. The van der Waals surface area contributed by atoms with E-state index in [4.69, 9.17) is 28.3 Å². The maximum absolute atomic E-state index is 12.0. The summed E-state index contributed by atoms with van der Waals surface area (Å²) in [5, 5.41) is 11.2. The lowest BCUT2D eigenvalue weighted by Crippen LogP contribution is -2.28. The highest BCUT2D eigenvalue weighted by atomic mass is 35.5.